The molecule has 0 bridgehead atoms. The highest BCUT2D eigenvalue weighted by Gasteiger charge is 2.25. The Labute approximate surface area is 131 Å². The molecular formula is C21H30. The Morgan fingerprint density at radius 2 is 0.952 bits per heavy atom. The number of hydrogen-bond acceptors (Lipinski definition) is 0. The minimum absolute atomic E-state index is 0.258. The van der Waals surface area contributed by atoms with E-state index in [9.17, 15) is 0 Å². The molecule has 0 saturated heterocycles. The maximum absolute atomic E-state index is 4.09. The first-order chi connectivity index (χ1) is 9.60. The summed E-state index contributed by atoms with van der Waals surface area (Å²) in [5.41, 5.74) is 4.66. The van der Waals surface area contributed by atoms with Crippen LogP contribution in [0.5, 0.6) is 0 Å². The summed E-state index contributed by atoms with van der Waals surface area (Å²) in [4.78, 5) is 0. The van der Waals surface area contributed by atoms with Gasteiger partial charge in [0.2, 0.25) is 0 Å². The van der Waals surface area contributed by atoms with Crippen molar-refractivity contribution in [3.8, 4) is 0 Å². The fourth-order valence-electron chi connectivity index (χ4n) is 2.14. The van der Waals surface area contributed by atoms with Crippen LogP contribution in [0.2, 0.25) is 0 Å². The van der Waals surface area contributed by atoms with Crippen molar-refractivity contribution in [1.29, 1.82) is 0 Å². The molecule has 114 valence electrons. The summed E-state index contributed by atoms with van der Waals surface area (Å²) in [5.74, 6) is 0. The van der Waals surface area contributed by atoms with E-state index in [2.05, 4.69) is 60.3 Å². The van der Waals surface area contributed by atoms with Crippen LogP contribution in [-0.4, -0.2) is 0 Å². The molecule has 1 aromatic carbocycles. The molecule has 2 rings (SSSR count). The molecule has 0 radical (unpaired) electrons. The minimum Gasteiger partial charge on any atom is -0.0918 e. The SMILES string of the molecule is C=C1C=C(C(C)(C)C)CC(C(C)(C)C)=C1.c1ccccc1. The van der Waals surface area contributed by atoms with Crippen molar-refractivity contribution >= 4 is 0 Å². The molecule has 0 unspecified atom stereocenters. The van der Waals surface area contributed by atoms with Crippen molar-refractivity contribution in [2.75, 3.05) is 0 Å². The monoisotopic (exact) mass is 282 g/mol. The van der Waals surface area contributed by atoms with E-state index < -0.39 is 0 Å². The van der Waals surface area contributed by atoms with Gasteiger partial charge < -0.3 is 0 Å². The van der Waals surface area contributed by atoms with E-state index in [4.69, 9.17) is 0 Å². The maximum Gasteiger partial charge on any atom is -0.00913 e. The molecule has 0 amide bonds. The first-order valence-electron chi connectivity index (χ1n) is 7.72. The van der Waals surface area contributed by atoms with Gasteiger partial charge in [-0.3, -0.25) is 0 Å². The van der Waals surface area contributed by atoms with Crippen LogP contribution in [0.15, 0.2) is 71.8 Å². The minimum atomic E-state index is 0.258. The van der Waals surface area contributed by atoms with Crippen molar-refractivity contribution < 1.29 is 0 Å². The summed E-state index contributed by atoms with van der Waals surface area (Å²) in [7, 11) is 0. The lowest BCUT2D eigenvalue weighted by atomic mass is 9.73. The van der Waals surface area contributed by atoms with Gasteiger partial charge in [-0.25, -0.2) is 0 Å². The van der Waals surface area contributed by atoms with E-state index in [1.807, 2.05) is 36.4 Å². The zero-order valence-electron chi connectivity index (χ0n) is 14.5. The van der Waals surface area contributed by atoms with Gasteiger partial charge in [0.15, 0.2) is 0 Å². The number of benzene rings is 1. The van der Waals surface area contributed by atoms with Gasteiger partial charge in [-0.1, -0.05) is 108 Å². The van der Waals surface area contributed by atoms with Crippen LogP contribution in [0.4, 0.5) is 0 Å². The van der Waals surface area contributed by atoms with Gasteiger partial charge in [-0.05, 0) is 22.8 Å². The summed E-state index contributed by atoms with van der Waals surface area (Å²) in [6, 6.07) is 12.0. The molecule has 0 nitrogen and oxygen atoms in total. The van der Waals surface area contributed by atoms with E-state index >= 15 is 0 Å². The molecule has 0 N–H and O–H groups in total. The quantitative estimate of drug-likeness (QED) is 0.504. The average Bonchev–Trinajstić information content (AvgIpc) is 2.39. The summed E-state index contributed by atoms with van der Waals surface area (Å²) in [6.07, 6.45) is 5.59. The third-order valence-electron chi connectivity index (χ3n) is 3.69. The van der Waals surface area contributed by atoms with Crippen LogP contribution >= 0.6 is 0 Å². The van der Waals surface area contributed by atoms with Gasteiger partial charge in [0, 0.05) is 0 Å². The van der Waals surface area contributed by atoms with Crippen molar-refractivity contribution in [3.05, 3.63) is 71.8 Å². The van der Waals surface area contributed by atoms with Gasteiger partial charge >= 0.3 is 0 Å². The Morgan fingerprint density at radius 1 is 0.667 bits per heavy atom. The molecule has 0 heterocycles. The van der Waals surface area contributed by atoms with Gasteiger partial charge in [0.25, 0.3) is 0 Å². The van der Waals surface area contributed by atoms with Gasteiger partial charge in [-0.15, -0.1) is 0 Å². The summed E-state index contributed by atoms with van der Waals surface area (Å²) in [6.45, 7) is 17.7. The fraction of sp³-hybridized carbons (Fsp3) is 0.429. The fourth-order valence-corrected chi connectivity index (χ4v) is 2.14. The largest absolute Gasteiger partial charge is 0.0918 e. The number of hydrogen-bond donors (Lipinski definition) is 0. The molecule has 21 heavy (non-hydrogen) atoms. The molecule has 0 aromatic heterocycles. The van der Waals surface area contributed by atoms with E-state index in [1.54, 1.807) is 0 Å². The van der Waals surface area contributed by atoms with Crippen LogP contribution in [0.1, 0.15) is 48.0 Å². The van der Waals surface area contributed by atoms with Crippen LogP contribution in [0, 0.1) is 10.8 Å². The second-order valence-electron chi connectivity index (χ2n) is 7.75. The highest BCUT2D eigenvalue weighted by Crippen LogP contribution is 2.40. The van der Waals surface area contributed by atoms with Crippen molar-refractivity contribution in [2.24, 2.45) is 10.8 Å². The zero-order chi connectivity index (χ0) is 16.1. The summed E-state index contributed by atoms with van der Waals surface area (Å²) >= 11 is 0. The molecule has 1 aliphatic rings. The molecule has 0 saturated carbocycles. The highest BCUT2D eigenvalue weighted by molar-refractivity contribution is 5.43. The van der Waals surface area contributed by atoms with Crippen LogP contribution < -0.4 is 0 Å². The first kappa shape index (κ1) is 17.5. The number of allylic oxidation sites excluding steroid dienone is 5. The van der Waals surface area contributed by atoms with Crippen LogP contribution in [0.25, 0.3) is 0 Å². The Hall–Kier alpha value is -1.56. The molecule has 0 spiro atoms. The number of rotatable bonds is 0. The summed E-state index contributed by atoms with van der Waals surface area (Å²) in [5, 5.41) is 0. The van der Waals surface area contributed by atoms with E-state index in [0.29, 0.717) is 0 Å². The molecular weight excluding hydrogens is 252 g/mol. The standard InChI is InChI=1S/C15H24.C6H6/c1-11-8-12(14(2,3)4)10-13(9-11)15(5,6)7;1-2-4-6-5-3-1/h8-9H,1,10H2,2-7H3;1-6H. The lowest BCUT2D eigenvalue weighted by Gasteiger charge is -2.32. The maximum atomic E-state index is 4.09. The normalized spacial score (nSPS) is 15.6. The Morgan fingerprint density at radius 3 is 1.19 bits per heavy atom. The molecule has 0 fully saturated rings. The third kappa shape index (κ3) is 6.16. The zero-order valence-corrected chi connectivity index (χ0v) is 14.5. The van der Waals surface area contributed by atoms with E-state index in [-0.39, 0.29) is 10.8 Å². The lowest BCUT2D eigenvalue weighted by molar-refractivity contribution is 0.447. The second-order valence-corrected chi connectivity index (χ2v) is 7.75. The molecule has 1 aromatic rings. The van der Waals surface area contributed by atoms with Gasteiger partial charge in [0.05, 0.1) is 0 Å². The predicted octanol–water partition coefficient (Wildman–Crippen LogP) is 6.58. The average molecular weight is 282 g/mol. The summed E-state index contributed by atoms with van der Waals surface area (Å²) < 4.78 is 0. The smallest absolute Gasteiger partial charge is 0.00913 e. The van der Waals surface area contributed by atoms with Crippen molar-refractivity contribution in [1.82, 2.24) is 0 Å². The lowest BCUT2D eigenvalue weighted by Crippen LogP contribution is -2.18. The topological polar surface area (TPSA) is 0 Å². The molecule has 1 aliphatic carbocycles. The van der Waals surface area contributed by atoms with Gasteiger partial charge in [0.1, 0.15) is 0 Å². The van der Waals surface area contributed by atoms with Crippen LogP contribution in [-0.2, 0) is 0 Å². The highest BCUT2D eigenvalue weighted by atomic mass is 14.3. The second kappa shape index (κ2) is 6.93. The van der Waals surface area contributed by atoms with Gasteiger partial charge in [-0.2, -0.15) is 0 Å². The van der Waals surface area contributed by atoms with Crippen LogP contribution in [0.3, 0.4) is 0 Å². The Balaban J connectivity index is 0.000000304. The molecule has 0 aliphatic heterocycles. The molecule has 0 atom stereocenters. The third-order valence-corrected chi connectivity index (χ3v) is 3.69. The van der Waals surface area contributed by atoms with E-state index in [0.717, 1.165) is 12.0 Å². The molecule has 0 heteroatoms. The Bertz CT molecular complexity index is 455. The van der Waals surface area contributed by atoms with Crippen molar-refractivity contribution in [3.63, 3.8) is 0 Å². The first-order valence-corrected chi connectivity index (χ1v) is 7.72. The van der Waals surface area contributed by atoms with Crippen molar-refractivity contribution in [2.45, 2.75) is 48.0 Å². The Kier molecular flexibility index (Phi) is 5.78. The predicted molar refractivity (Wildman–Crippen MR) is 95.3 cm³/mol. The van der Waals surface area contributed by atoms with E-state index in [1.165, 1.54) is 11.1 Å².